The number of nitrogen functional groups attached to an aromatic ring is 1. The fraction of sp³-hybridized carbons (Fsp3) is 0.125. The van der Waals surface area contributed by atoms with Gasteiger partial charge in [0.25, 0.3) is 0 Å². The van der Waals surface area contributed by atoms with Crippen LogP contribution in [0, 0.1) is 0 Å². The molecule has 4 N–H and O–H groups in total. The Morgan fingerprint density at radius 1 is 1.30 bits per heavy atom. The van der Waals surface area contributed by atoms with Crippen LogP contribution in [0.25, 0.3) is 27.7 Å². The van der Waals surface area contributed by atoms with Gasteiger partial charge in [-0.1, -0.05) is 12.1 Å². The average molecular weight is 325 g/mol. The van der Waals surface area contributed by atoms with Crippen LogP contribution >= 0.6 is 11.3 Å². The maximum absolute atomic E-state index is 12.0. The molecule has 0 spiro atoms. The molecule has 0 aliphatic heterocycles. The number of nitrogens with one attached hydrogen (secondary N) is 2. The van der Waals surface area contributed by atoms with Crippen LogP contribution in [-0.4, -0.2) is 21.6 Å². The van der Waals surface area contributed by atoms with Crippen molar-refractivity contribution in [1.29, 1.82) is 0 Å². The summed E-state index contributed by atoms with van der Waals surface area (Å²) in [6, 6.07) is 9.83. The largest absolute Gasteiger partial charge is 0.398 e. The third-order valence-corrected chi connectivity index (χ3v) is 4.81. The zero-order valence-corrected chi connectivity index (χ0v) is 13.3. The molecule has 0 amide bonds. The third-order valence-electron chi connectivity index (χ3n) is 3.87. The van der Waals surface area contributed by atoms with E-state index in [1.165, 1.54) is 4.88 Å². The van der Waals surface area contributed by atoms with Crippen LogP contribution in [0.1, 0.15) is 4.88 Å². The first kappa shape index (κ1) is 14.0. The molecule has 0 radical (unpaired) electrons. The van der Waals surface area contributed by atoms with E-state index < -0.39 is 0 Å². The highest BCUT2D eigenvalue weighted by molar-refractivity contribution is 7.10. The van der Waals surface area contributed by atoms with Crippen molar-refractivity contribution in [2.45, 2.75) is 6.54 Å². The van der Waals surface area contributed by atoms with Crippen molar-refractivity contribution in [2.75, 3.05) is 12.8 Å². The number of rotatable bonds is 3. The van der Waals surface area contributed by atoms with Gasteiger partial charge in [-0.05, 0) is 35.7 Å². The summed E-state index contributed by atoms with van der Waals surface area (Å²) in [6.45, 7) is 0.844. The number of fused-ring (bicyclic) bond motifs is 3. The Kier molecular flexibility index (Phi) is 3.17. The highest BCUT2D eigenvalue weighted by Crippen LogP contribution is 2.30. The zero-order valence-electron chi connectivity index (χ0n) is 12.5. The number of thiophene rings is 1. The average Bonchev–Trinajstić information content (AvgIpc) is 3.15. The van der Waals surface area contributed by atoms with Gasteiger partial charge in [0, 0.05) is 28.6 Å². The quantitative estimate of drug-likeness (QED) is 0.539. The first-order valence-corrected chi connectivity index (χ1v) is 8.07. The lowest BCUT2D eigenvalue weighted by Crippen LogP contribution is -2.10. The summed E-state index contributed by atoms with van der Waals surface area (Å²) in [7, 11) is 1.93. The molecular weight excluding hydrogens is 310 g/mol. The number of H-pyrrole nitrogens is 1. The van der Waals surface area contributed by atoms with Crippen molar-refractivity contribution >= 4 is 33.6 Å². The van der Waals surface area contributed by atoms with Crippen LogP contribution in [-0.2, 0) is 6.54 Å². The molecule has 3 aromatic heterocycles. The first-order chi connectivity index (χ1) is 11.2. The van der Waals surface area contributed by atoms with E-state index in [2.05, 4.69) is 27.0 Å². The van der Waals surface area contributed by atoms with E-state index >= 15 is 0 Å². The SMILES string of the molecule is CNCc1cc(-c2ccc3c(N)cc4n[nH]c(=O)n4c3c2)cs1. The molecule has 0 unspecified atom stereocenters. The Hall–Kier alpha value is -2.64. The predicted octanol–water partition coefficient (Wildman–Crippen LogP) is 2.21. The van der Waals surface area contributed by atoms with Crippen LogP contribution < -0.4 is 16.7 Å². The summed E-state index contributed by atoms with van der Waals surface area (Å²) in [5.74, 6) is 0. The Labute approximate surface area is 135 Å². The molecule has 0 aliphatic rings. The lowest BCUT2D eigenvalue weighted by molar-refractivity contribution is 0.831. The predicted molar refractivity (Wildman–Crippen MR) is 93.8 cm³/mol. The second-order valence-electron chi connectivity index (χ2n) is 5.39. The molecule has 4 rings (SSSR count). The molecule has 4 aromatic rings. The summed E-state index contributed by atoms with van der Waals surface area (Å²) in [5.41, 5.74) is 9.91. The maximum atomic E-state index is 12.0. The summed E-state index contributed by atoms with van der Waals surface area (Å²) in [4.78, 5) is 13.3. The molecule has 3 heterocycles. The smallest absolute Gasteiger partial charge is 0.348 e. The van der Waals surface area contributed by atoms with Crippen molar-refractivity contribution in [2.24, 2.45) is 0 Å². The first-order valence-electron chi connectivity index (χ1n) is 7.19. The van der Waals surface area contributed by atoms with Crippen molar-refractivity contribution in [3.05, 3.63) is 51.1 Å². The van der Waals surface area contributed by atoms with Crippen molar-refractivity contribution < 1.29 is 0 Å². The molecule has 0 atom stereocenters. The van der Waals surface area contributed by atoms with Crippen LogP contribution in [0.4, 0.5) is 5.69 Å². The molecule has 0 bridgehead atoms. The zero-order chi connectivity index (χ0) is 16.0. The number of aromatic amines is 1. The molecule has 1 aromatic carbocycles. The number of pyridine rings is 1. The van der Waals surface area contributed by atoms with E-state index in [4.69, 9.17) is 5.73 Å². The highest BCUT2D eigenvalue weighted by atomic mass is 32.1. The fourth-order valence-corrected chi connectivity index (χ4v) is 3.70. The number of hydrogen-bond donors (Lipinski definition) is 3. The van der Waals surface area contributed by atoms with Crippen molar-refractivity contribution in [3.63, 3.8) is 0 Å². The second kappa shape index (κ2) is 5.22. The number of nitrogens with two attached hydrogens (primary N) is 1. The molecule has 7 heteroatoms. The molecule has 0 saturated carbocycles. The third kappa shape index (κ3) is 2.21. The summed E-state index contributed by atoms with van der Waals surface area (Å²) < 4.78 is 1.55. The standard InChI is InChI=1S/C16H15N5OS/c1-18-7-11-4-10(8-23-11)9-2-3-12-13(17)6-15-19-20-16(22)21(15)14(12)5-9/h2-6,8,18H,7,17H2,1H3,(H,20,22). The molecule has 23 heavy (non-hydrogen) atoms. The van der Waals surface area contributed by atoms with E-state index in [1.807, 2.05) is 25.2 Å². The van der Waals surface area contributed by atoms with Crippen LogP contribution in [0.5, 0.6) is 0 Å². The summed E-state index contributed by atoms with van der Waals surface area (Å²) in [5, 5.41) is 12.6. The Morgan fingerprint density at radius 3 is 3.00 bits per heavy atom. The van der Waals surface area contributed by atoms with Gasteiger partial charge < -0.3 is 11.1 Å². The van der Waals surface area contributed by atoms with Gasteiger partial charge in [-0.3, -0.25) is 0 Å². The molecule has 0 aliphatic carbocycles. The molecule has 116 valence electrons. The highest BCUT2D eigenvalue weighted by Gasteiger charge is 2.10. The molecule has 6 nitrogen and oxygen atoms in total. The Balaban J connectivity index is 1.97. The number of anilines is 1. The minimum atomic E-state index is -0.261. The Bertz CT molecular complexity index is 1080. The van der Waals surface area contributed by atoms with E-state index in [9.17, 15) is 4.79 Å². The molecule has 0 saturated heterocycles. The van der Waals surface area contributed by atoms with Gasteiger partial charge >= 0.3 is 5.69 Å². The van der Waals surface area contributed by atoms with Gasteiger partial charge in [-0.25, -0.2) is 14.3 Å². The number of nitrogens with zero attached hydrogens (tertiary/aromatic N) is 2. The van der Waals surface area contributed by atoms with E-state index in [0.717, 1.165) is 28.6 Å². The van der Waals surface area contributed by atoms with E-state index in [1.54, 1.807) is 21.8 Å². The molecule has 0 fully saturated rings. The maximum Gasteiger partial charge on any atom is 0.348 e. The van der Waals surface area contributed by atoms with Gasteiger partial charge in [0.05, 0.1) is 5.52 Å². The second-order valence-corrected chi connectivity index (χ2v) is 6.38. The number of benzene rings is 1. The van der Waals surface area contributed by atoms with Crippen LogP contribution in [0.3, 0.4) is 0 Å². The Morgan fingerprint density at radius 2 is 2.17 bits per heavy atom. The fourth-order valence-electron chi connectivity index (χ4n) is 2.79. The number of hydrogen-bond acceptors (Lipinski definition) is 5. The van der Waals surface area contributed by atoms with E-state index in [0.29, 0.717) is 11.3 Å². The molecular formula is C16H15N5OS. The van der Waals surface area contributed by atoms with Gasteiger partial charge in [0.15, 0.2) is 5.65 Å². The summed E-state index contributed by atoms with van der Waals surface area (Å²) >= 11 is 1.71. The topological polar surface area (TPSA) is 88.2 Å². The van der Waals surface area contributed by atoms with Gasteiger partial charge in [0.1, 0.15) is 0 Å². The summed E-state index contributed by atoms with van der Waals surface area (Å²) in [6.07, 6.45) is 0. The minimum absolute atomic E-state index is 0.261. The van der Waals surface area contributed by atoms with Gasteiger partial charge in [0.2, 0.25) is 0 Å². The lowest BCUT2D eigenvalue weighted by atomic mass is 10.1. The van der Waals surface area contributed by atoms with Gasteiger partial charge in [-0.15, -0.1) is 11.3 Å². The van der Waals surface area contributed by atoms with Crippen molar-refractivity contribution in [1.82, 2.24) is 19.9 Å². The van der Waals surface area contributed by atoms with Gasteiger partial charge in [-0.2, -0.15) is 5.10 Å². The lowest BCUT2D eigenvalue weighted by Gasteiger charge is -2.06. The van der Waals surface area contributed by atoms with E-state index in [-0.39, 0.29) is 5.69 Å². The van der Waals surface area contributed by atoms with Crippen molar-refractivity contribution in [3.8, 4) is 11.1 Å². The minimum Gasteiger partial charge on any atom is -0.398 e. The normalized spacial score (nSPS) is 11.5. The number of aromatic nitrogens is 3. The van der Waals surface area contributed by atoms with Crippen LogP contribution in [0.2, 0.25) is 0 Å². The monoisotopic (exact) mass is 325 g/mol. The van der Waals surface area contributed by atoms with Crippen LogP contribution in [0.15, 0.2) is 40.5 Å².